The number of aliphatic hydroxyl groups excluding tert-OH is 1. The van der Waals surface area contributed by atoms with Gasteiger partial charge in [0.05, 0.1) is 6.26 Å². The van der Waals surface area contributed by atoms with Crippen molar-refractivity contribution in [3.8, 4) is 11.5 Å². The summed E-state index contributed by atoms with van der Waals surface area (Å²) in [6.07, 6.45) is 0.809. The van der Waals surface area contributed by atoms with E-state index in [0.29, 0.717) is 30.5 Å². The Hall–Kier alpha value is -1.46. The third kappa shape index (κ3) is 2.24. The lowest BCUT2D eigenvalue weighted by atomic mass is 10.0. The van der Waals surface area contributed by atoms with Crippen LogP contribution < -0.4 is 9.47 Å². The number of hydrogen-bond donors (Lipinski definition) is 1. The first-order valence-electron chi connectivity index (χ1n) is 5.98. The molecule has 0 saturated carbocycles. The Labute approximate surface area is 119 Å². The molecule has 1 aliphatic heterocycles. The van der Waals surface area contributed by atoms with Crippen LogP contribution in [0.5, 0.6) is 11.5 Å². The molecule has 100 valence electrons. The number of halogens is 1. The zero-order chi connectivity index (χ0) is 13.4. The van der Waals surface area contributed by atoms with E-state index in [-0.39, 0.29) is 0 Å². The number of aryl methyl sites for hydroxylation is 1. The molecule has 4 nitrogen and oxygen atoms in total. The maximum absolute atomic E-state index is 10.5. The first-order valence-corrected chi connectivity index (χ1v) is 6.77. The first kappa shape index (κ1) is 12.6. The van der Waals surface area contributed by atoms with Crippen LogP contribution in [0.15, 0.2) is 33.4 Å². The van der Waals surface area contributed by atoms with Crippen molar-refractivity contribution in [3.63, 3.8) is 0 Å². The minimum atomic E-state index is -0.760. The summed E-state index contributed by atoms with van der Waals surface area (Å²) in [5.41, 5.74) is 1.48. The highest BCUT2D eigenvalue weighted by Gasteiger charge is 2.22. The van der Waals surface area contributed by atoms with Crippen LogP contribution in [-0.2, 0) is 0 Å². The Kier molecular flexibility index (Phi) is 3.24. The topological polar surface area (TPSA) is 51.8 Å². The van der Waals surface area contributed by atoms with E-state index < -0.39 is 6.10 Å². The third-order valence-corrected chi connectivity index (χ3v) is 3.84. The molecular formula is C14H13BrO4. The van der Waals surface area contributed by atoms with Gasteiger partial charge in [0.25, 0.3) is 0 Å². The molecule has 0 amide bonds. The van der Waals surface area contributed by atoms with Crippen LogP contribution in [-0.4, -0.2) is 18.3 Å². The van der Waals surface area contributed by atoms with Crippen LogP contribution in [0.1, 0.15) is 23.0 Å². The van der Waals surface area contributed by atoms with Crippen LogP contribution in [0.3, 0.4) is 0 Å². The van der Waals surface area contributed by atoms with Crippen LogP contribution in [0, 0.1) is 6.92 Å². The summed E-state index contributed by atoms with van der Waals surface area (Å²) in [7, 11) is 0. The van der Waals surface area contributed by atoms with Gasteiger partial charge < -0.3 is 19.0 Å². The summed E-state index contributed by atoms with van der Waals surface area (Å²) in [6, 6.07) is 5.39. The van der Waals surface area contributed by atoms with E-state index in [4.69, 9.17) is 13.9 Å². The fraction of sp³-hybridized carbons (Fsp3) is 0.286. The molecular weight excluding hydrogens is 312 g/mol. The van der Waals surface area contributed by atoms with Crippen LogP contribution in [0.2, 0.25) is 0 Å². The third-order valence-electron chi connectivity index (χ3n) is 3.15. The molecule has 0 saturated heterocycles. The summed E-state index contributed by atoms with van der Waals surface area (Å²) in [5, 5.41) is 10.5. The van der Waals surface area contributed by atoms with Crippen molar-refractivity contribution in [3.05, 3.63) is 45.8 Å². The van der Waals surface area contributed by atoms with Crippen molar-refractivity contribution < 1.29 is 19.0 Å². The second-order valence-corrected chi connectivity index (χ2v) is 5.21. The Morgan fingerprint density at radius 3 is 2.47 bits per heavy atom. The second-order valence-electron chi connectivity index (χ2n) is 4.35. The standard InChI is InChI=1S/C14H13BrO4/c1-8-9(2-3-17-8)14(16)10-6-12-13(7-11(10)15)19-5-4-18-12/h2-3,6-7,14,16H,4-5H2,1H3. The summed E-state index contributed by atoms with van der Waals surface area (Å²) in [4.78, 5) is 0. The zero-order valence-corrected chi connectivity index (χ0v) is 11.9. The van der Waals surface area contributed by atoms with Gasteiger partial charge in [0, 0.05) is 15.6 Å². The zero-order valence-electron chi connectivity index (χ0n) is 10.4. The molecule has 2 heterocycles. The van der Waals surface area contributed by atoms with E-state index in [1.165, 1.54) is 0 Å². The monoisotopic (exact) mass is 324 g/mol. The number of aliphatic hydroxyl groups is 1. The van der Waals surface area contributed by atoms with Gasteiger partial charge in [-0.1, -0.05) is 15.9 Å². The molecule has 0 bridgehead atoms. The second kappa shape index (κ2) is 4.90. The van der Waals surface area contributed by atoms with Gasteiger partial charge in [0.1, 0.15) is 25.1 Å². The molecule has 0 fully saturated rings. The van der Waals surface area contributed by atoms with Crippen molar-refractivity contribution in [1.29, 1.82) is 0 Å². The Bertz CT molecular complexity index is 605. The quantitative estimate of drug-likeness (QED) is 0.921. The molecule has 5 heteroatoms. The molecule has 1 atom stereocenters. The highest BCUT2D eigenvalue weighted by atomic mass is 79.9. The highest BCUT2D eigenvalue weighted by Crippen LogP contribution is 2.39. The predicted molar refractivity (Wildman–Crippen MR) is 72.6 cm³/mol. The minimum absolute atomic E-state index is 0.523. The number of hydrogen-bond acceptors (Lipinski definition) is 4. The van der Waals surface area contributed by atoms with Gasteiger partial charge in [0.2, 0.25) is 0 Å². The van der Waals surface area contributed by atoms with E-state index in [1.54, 1.807) is 18.4 Å². The van der Waals surface area contributed by atoms with Gasteiger partial charge in [-0.05, 0) is 25.1 Å². The molecule has 0 spiro atoms. The fourth-order valence-electron chi connectivity index (χ4n) is 2.14. The molecule has 1 aromatic heterocycles. The van der Waals surface area contributed by atoms with Crippen molar-refractivity contribution in [2.45, 2.75) is 13.0 Å². The van der Waals surface area contributed by atoms with Crippen molar-refractivity contribution in [2.24, 2.45) is 0 Å². The number of furan rings is 1. The van der Waals surface area contributed by atoms with Gasteiger partial charge in [-0.2, -0.15) is 0 Å². The Morgan fingerprint density at radius 2 is 1.84 bits per heavy atom. The average Bonchev–Trinajstić information content (AvgIpc) is 2.83. The maximum atomic E-state index is 10.5. The van der Waals surface area contributed by atoms with E-state index in [1.807, 2.05) is 13.0 Å². The van der Waals surface area contributed by atoms with Gasteiger partial charge in [-0.3, -0.25) is 0 Å². The molecule has 1 unspecified atom stereocenters. The summed E-state index contributed by atoms with van der Waals surface area (Å²) >= 11 is 3.46. The van der Waals surface area contributed by atoms with Crippen molar-refractivity contribution >= 4 is 15.9 Å². The minimum Gasteiger partial charge on any atom is -0.486 e. The van der Waals surface area contributed by atoms with Gasteiger partial charge in [-0.15, -0.1) is 0 Å². The molecule has 1 N–H and O–H groups in total. The SMILES string of the molecule is Cc1occc1C(O)c1cc2c(cc1Br)OCCO2. The van der Waals surface area contributed by atoms with Crippen molar-refractivity contribution in [1.82, 2.24) is 0 Å². The molecule has 1 aromatic carbocycles. The molecule has 3 rings (SSSR count). The molecule has 1 aliphatic rings. The van der Waals surface area contributed by atoms with E-state index in [0.717, 1.165) is 15.6 Å². The van der Waals surface area contributed by atoms with Crippen LogP contribution >= 0.6 is 15.9 Å². The first-order chi connectivity index (χ1) is 9.16. The van der Waals surface area contributed by atoms with Gasteiger partial charge >= 0.3 is 0 Å². The predicted octanol–water partition coefficient (Wildman–Crippen LogP) is 3.20. The average molecular weight is 325 g/mol. The number of rotatable bonds is 2. The van der Waals surface area contributed by atoms with Gasteiger partial charge in [-0.25, -0.2) is 0 Å². The smallest absolute Gasteiger partial charge is 0.162 e. The lowest BCUT2D eigenvalue weighted by molar-refractivity contribution is 0.169. The van der Waals surface area contributed by atoms with E-state index in [2.05, 4.69) is 15.9 Å². The summed E-state index contributed by atoms with van der Waals surface area (Å²) < 4.78 is 17.0. The van der Waals surface area contributed by atoms with Gasteiger partial charge in [0.15, 0.2) is 11.5 Å². The molecule has 0 aliphatic carbocycles. The van der Waals surface area contributed by atoms with Crippen LogP contribution in [0.25, 0.3) is 0 Å². The Morgan fingerprint density at radius 1 is 1.16 bits per heavy atom. The fourth-order valence-corrected chi connectivity index (χ4v) is 2.67. The van der Waals surface area contributed by atoms with Crippen LogP contribution in [0.4, 0.5) is 0 Å². The highest BCUT2D eigenvalue weighted by molar-refractivity contribution is 9.10. The number of ether oxygens (including phenoxy) is 2. The van der Waals surface area contributed by atoms with Crippen molar-refractivity contribution in [2.75, 3.05) is 13.2 Å². The summed E-state index contributed by atoms with van der Waals surface area (Å²) in [5.74, 6) is 2.05. The molecule has 19 heavy (non-hydrogen) atoms. The lowest BCUT2D eigenvalue weighted by Gasteiger charge is -2.21. The maximum Gasteiger partial charge on any atom is 0.162 e. The summed E-state index contributed by atoms with van der Waals surface area (Å²) in [6.45, 7) is 2.89. The van der Waals surface area contributed by atoms with E-state index >= 15 is 0 Å². The Balaban J connectivity index is 2.03. The normalized spacial score (nSPS) is 15.3. The largest absolute Gasteiger partial charge is 0.486 e. The molecule has 0 radical (unpaired) electrons. The number of fused-ring (bicyclic) bond motifs is 1. The number of benzene rings is 1. The molecule has 2 aromatic rings. The van der Waals surface area contributed by atoms with E-state index in [9.17, 15) is 5.11 Å². The lowest BCUT2D eigenvalue weighted by Crippen LogP contribution is -2.16.